The lowest BCUT2D eigenvalue weighted by atomic mass is 10.1. The van der Waals surface area contributed by atoms with Crippen LogP contribution in [0.4, 0.5) is 4.79 Å². The van der Waals surface area contributed by atoms with Crippen LogP contribution in [0.2, 0.25) is 0 Å². The summed E-state index contributed by atoms with van der Waals surface area (Å²) in [7, 11) is 3.56. The van der Waals surface area contributed by atoms with Gasteiger partial charge in [-0.15, -0.1) is 0 Å². The smallest absolute Gasteiger partial charge is 0.407 e. The maximum absolute atomic E-state index is 14.0. The number of methoxy groups -OCH3 is 1. The molecule has 10 nitrogen and oxygen atoms in total. The number of para-hydroxylation sites is 1. The predicted molar refractivity (Wildman–Crippen MR) is 162 cm³/mol. The van der Waals surface area contributed by atoms with Crippen LogP contribution in [0.1, 0.15) is 50.4 Å². The van der Waals surface area contributed by atoms with Crippen LogP contribution < -0.4 is 10.1 Å². The average molecular weight is 584 g/mol. The van der Waals surface area contributed by atoms with Crippen molar-refractivity contribution in [1.29, 1.82) is 0 Å². The SMILES string of the molecule is COc1cc(C(=O)N2C[C@H]3CC(=O)[C@@H]2[C@@H]3NC(=O)OC(C)(C)C)cc2nc(-c3cc4ccccc4n3CC3CC3)n(C)c12. The Morgan fingerprint density at radius 2 is 1.88 bits per heavy atom. The van der Waals surface area contributed by atoms with Crippen molar-refractivity contribution in [3.05, 3.63) is 48.0 Å². The molecule has 10 heteroatoms. The topological polar surface area (TPSA) is 108 Å². The van der Waals surface area contributed by atoms with Crippen LogP contribution in [0.15, 0.2) is 42.5 Å². The van der Waals surface area contributed by atoms with Crippen LogP contribution in [0, 0.1) is 11.8 Å². The molecule has 2 bridgehead atoms. The van der Waals surface area contributed by atoms with Gasteiger partial charge < -0.3 is 28.8 Å². The molecule has 2 aliphatic carbocycles. The van der Waals surface area contributed by atoms with Gasteiger partial charge in [-0.05, 0) is 63.8 Å². The Balaban J connectivity index is 1.23. The Morgan fingerprint density at radius 1 is 1.12 bits per heavy atom. The number of fused-ring (bicyclic) bond motifs is 4. The van der Waals surface area contributed by atoms with Crippen molar-refractivity contribution in [3.8, 4) is 17.3 Å². The first-order valence-corrected chi connectivity index (χ1v) is 15.0. The number of carbonyl (C=O) groups excluding carboxylic acids is 3. The summed E-state index contributed by atoms with van der Waals surface area (Å²) < 4.78 is 15.6. The number of nitrogens with zero attached hydrogens (tertiary/aromatic N) is 4. The van der Waals surface area contributed by atoms with E-state index in [2.05, 4.69) is 34.1 Å². The minimum Gasteiger partial charge on any atom is -0.494 e. The Labute approximate surface area is 249 Å². The number of likely N-dealkylation sites (tertiary alicyclic amines) is 1. The number of aryl methyl sites for hydroxylation is 1. The molecule has 2 aromatic carbocycles. The lowest BCUT2D eigenvalue weighted by Crippen LogP contribution is -2.49. The number of hydrogen-bond acceptors (Lipinski definition) is 6. The van der Waals surface area contributed by atoms with Crippen molar-refractivity contribution in [1.82, 2.24) is 24.3 Å². The summed E-state index contributed by atoms with van der Waals surface area (Å²) >= 11 is 0. The normalized spacial score (nSPS) is 21.7. The second-order valence-corrected chi connectivity index (χ2v) is 13.2. The van der Waals surface area contributed by atoms with Gasteiger partial charge in [0, 0.05) is 48.9 Å². The largest absolute Gasteiger partial charge is 0.494 e. The van der Waals surface area contributed by atoms with Gasteiger partial charge in [0.25, 0.3) is 5.91 Å². The fourth-order valence-corrected chi connectivity index (χ4v) is 6.86. The molecule has 3 atom stereocenters. The highest BCUT2D eigenvalue weighted by atomic mass is 16.6. The first-order chi connectivity index (χ1) is 20.5. The van der Waals surface area contributed by atoms with Crippen LogP contribution in [0.3, 0.4) is 0 Å². The third-order valence-corrected chi connectivity index (χ3v) is 8.93. The third kappa shape index (κ3) is 4.73. The van der Waals surface area contributed by atoms with Gasteiger partial charge in [-0.3, -0.25) is 9.59 Å². The van der Waals surface area contributed by atoms with Gasteiger partial charge in [0.2, 0.25) is 0 Å². The highest BCUT2D eigenvalue weighted by Gasteiger charge is 2.55. The zero-order valence-electron chi connectivity index (χ0n) is 25.2. The van der Waals surface area contributed by atoms with E-state index in [-0.39, 0.29) is 17.6 Å². The van der Waals surface area contributed by atoms with E-state index < -0.39 is 23.8 Å². The summed E-state index contributed by atoms with van der Waals surface area (Å²) in [5.74, 6) is 1.51. The third-order valence-electron chi connectivity index (χ3n) is 8.93. The summed E-state index contributed by atoms with van der Waals surface area (Å²) in [5.41, 5.74) is 3.37. The van der Waals surface area contributed by atoms with Crippen molar-refractivity contribution in [2.75, 3.05) is 13.7 Å². The fourth-order valence-electron chi connectivity index (χ4n) is 6.86. The van der Waals surface area contributed by atoms with Gasteiger partial charge in [-0.2, -0.15) is 0 Å². The molecule has 224 valence electrons. The first kappa shape index (κ1) is 27.5. The summed E-state index contributed by atoms with van der Waals surface area (Å²) in [6, 6.07) is 12.9. The zero-order chi connectivity index (χ0) is 30.2. The molecule has 3 heterocycles. The number of Topliss-reactive ketones (excluding diaryl/α,β-unsaturated/α-hetero) is 1. The van der Waals surface area contributed by atoms with Crippen LogP contribution >= 0.6 is 0 Å². The van der Waals surface area contributed by atoms with Crippen LogP contribution in [0.25, 0.3) is 33.5 Å². The molecule has 2 amide bonds. The molecule has 43 heavy (non-hydrogen) atoms. The van der Waals surface area contributed by atoms with E-state index in [0.29, 0.717) is 35.7 Å². The molecule has 1 saturated heterocycles. The fraction of sp³-hybridized carbons (Fsp3) is 0.455. The number of nitrogens with one attached hydrogen (secondary N) is 1. The Kier molecular flexibility index (Phi) is 6.30. The number of ketones is 1. The highest BCUT2D eigenvalue weighted by molar-refractivity contribution is 6.04. The highest BCUT2D eigenvalue weighted by Crippen LogP contribution is 2.40. The maximum Gasteiger partial charge on any atom is 0.407 e. The molecular formula is C33H37N5O5. The van der Waals surface area contributed by atoms with Gasteiger partial charge in [0.05, 0.1) is 24.4 Å². The summed E-state index contributed by atoms with van der Waals surface area (Å²) in [6.07, 6.45) is 2.22. The molecule has 3 aliphatic rings. The minimum atomic E-state index is -0.732. The van der Waals surface area contributed by atoms with E-state index in [9.17, 15) is 14.4 Å². The molecule has 1 aliphatic heterocycles. The number of benzene rings is 2. The molecule has 2 aromatic heterocycles. The standard InChI is InChI=1S/C33H37N5O5/c1-33(2,3)43-32(41)35-27-21-14-25(39)29(27)38(17-21)31(40)20-12-22-28(26(15-20)42-5)36(4)30(34-22)24-13-19-8-6-7-9-23(19)37(24)16-18-10-11-18/h6-9,12-13,15,18,21,27,29H,10-11,14,16-17H2,1-5H3,(H,35,41)/t21-,27-,29-/m1/s1. The predicted octanol–water partition coefficient (Wildman–Crippen LogP) is 4.92. The zero-order valence-corrected chi connectivity index (χ0v) is 25.2. The van der Waals surface area contributed by atoms with E-state index in [1.807, 2.05) is 17.7 Å². The van der Waals surface area contributed by atoms with Gasteiger partial charge in [0.1, 0.15) is 22.9 Å². The lowest BCUT2D eigenvalue weighted by Gasteiger charge is -2.27. The number of amides is 2. The number of ether oxygens (including phenoxy) is 2. The second-order valence-electron chi connectivity index (χ2n) is 13.2. The summed E-state index contributed by atoms with van der Waals surface area (Å²) in [6.45, 7) is 6.68. The van der Waals surface area contributed by atoms with Crippen LogP contribution in [-0.4, -0.2) is 68.1 Å². The summed E-state index contributed by atoms with van der Waals surface area (Å²) in [4.78, 5) is 46.1. The van der Waals surface area contributed by atoms with E-state index in [0.717, 1.165) is 29.0 Å². The number of piperidine rings is 1. The van der Waals surface area contributed by atoms with Crippen LogP contribution in [0.5, 0.6) is 5.75 Å². The van der Waals surface area contributed by atoms with E-state index >= 15 is 0 Å². The molecule has 2 saturated carbocycles. The number of imidazole rings is 1. The van der Waals surface area contributed by atoms with E-state index in [1.165, 1.54) is 18.4 Å². The molecule has 0 radical (unpaired) electrons. The Morgan fingerprint density at radius 3 is 2.60 bits per heavy atom. The Bertz CT molecular complexity index is 1790. The Hall–Kier alpha value is -4.34. The lowest BCUT2D eigenvalue weighted by molar-refractivity contribution is -0.122. The van der Waals surface area contributed by atoms with Crippen LogP contribution in [-0.2, 0) is 23.1 Å². The van der Waals surface area contributed by atoms with Crippen molar-refractivity contribution in [2.45, 2.75) is 64.3 Å². The van der Waals surface area contributed by atoms with E-state index in [1.54, 1.807) is 44.9 Å². The molecule has 0 unspecified atom stereocenters. The molecule has 0 spiro atoms. The van der Waals surface area contributed by atoms with Gasteiger partial charge in [-0.25, -0.2) is 9.78 Å². The number of alkyl carbamates (subject to hydrolysis) is 1. The maximum atomic E-state index is 14.0. The number of hydrogen-bond donors (Lipinski definition) is 1. The van der Waals surface area contributed by atoms with Crippen molar-refractivity contribution in [3.63, 3.8) is 0 Å². The van der Waals surface area contributed by atoms with Crippen molar-refractivity contribution < 1.29 is 23.9 Å². The number of aromatic nitrogens is 3. The average Bonchev–Trinajstić information content (AvgIpc) is 3.36. The van der Waals surface area contributed by atoms with Gasteiger partial charge in [-0.1, -0.05) is 18.2 Å². The second kappa shape index (κ2) is 9.86. The first-order valence-electron chi connectivity index (χ1n) is 15.0. The number of carbonyl (C=O) groups is 3. The number of rotatable bonds is 6. The molecule has 4 aromatic rings. The monoisotopic (exact) mass is 583 g/mol. The van der Waals surface area contributed by atoms with E-state index in [4.69, 9.17) is 14.5 Å². The van der Waals surface area contributed by atoms with Gasteiger partial charge in [0.15, 0.2) is 11.6 Å². The summed E-state index contributed by atoms with van der Waals surface area (Å²) in [5, 5.41) is 4.02. The molecule has 3 fully saturated rings. The van der Waals surface area contributed by atoms with Crippen molar-refractivity contribution in [2.24, 2.45) is 18.9 Å². The molecular weight excluding hydrogens is 546 g/mol. The quantitative estimate of drug-likeness (QED) is 0.345. The minimum absolute atomic E-state index is 0.0534. The molecule has 7 rings (SSSR count). The van der Waals surface area contributed by atoms with Crippen molar-refractivity contribution >= 4 is 39.7 Å². The van der Waals surface area contributed by atoms with Gasteiger partial charge >= 0.3 is 6.09 Å². The molecule has 1 N–H and O–H groups in total.